The van der Waals surface area contributed by atoms with E-state index in [1.54, 1.807) is 0 Å². The molecule has 1 amide bonds. The minimum Gasteiger partial charge on any atom is -0.338 e. The molecule has 2 N–H and O–H groups in total. The minimum atomic E-state index is -0.611. The van der Waals surface area contributed by atoms with Gasteiger partial charge in [-0.2, -0.15) is 0 Å². The van der Waals surface area contributed by atoms with Gasteiger partial charge in [0, 0.05) is 6.54 Å². The summed E-state index contributed by atoms with van der Waals surface area (Å²) in [5, 5.41) is 6.29. The summed E-state index contributed by atoms with van der Waals surface area (Å²) in [6, 6.07) is 8.29. The van der Waals surface area contributed by atoms with Crippen LogP contribution in [0.3, 0.4) is 0 Å². The summed E-state index contributed by atoms with van der Waals surface area (Å²) in [4.78, 5) is 17.0. The lowest BCUT2D eigenvalue weighted by Gasteiger charge is -2.27. The van der Waals surface area contributed by atoms with Crippen LogP contribution in [0.25, 0.3) is 0 Å². The highest BCUT2D eigenvalue weighted by Crippen LogP contribution is 2.36. The molecule has 0 bridgehead atoms. The highest BCUT2D eigenvalue weighted by atomic mass is 16.2. The molecule has 0 saturated carbocycles. The Labute approximate surface area is 119 Å². The predicted octanol–water partition coefficient (Wildman–Crippen LogP) is 2.09. The van der Waals surface area contributed by atoms with E-state index in [0.29, 0.717) is 5.96 Å². The zero-order valence-corrected chi connectivity index (χ0v) is 11.9. The number of nitrogens with zero attached hydrogens (tertiary/aromatic N) is 1. The maximum atomic E-state index is 12.6. The second-order valence-electron chi connectivity index (χ2n) is 5.58. The van der Waals surface area contributed by atoms with Gasteiger partial charge in [-0.05, 0) is 43.2 Å². The number of carbonyl (C=O) groups is 1. The van der Waals surface area contributed by atoms with Gasteiger partial charge in [0.15, 0.2) is 5.96 Å². The van der Waals surface area contributed by atoms with Crippen LogP contribution in [-0.4, -0.2) is 18.4 Å². The first-order valence-electron chi connectivity index (χ1n) is 7.49. The number of rotatable bonds is 2. The van der Waals surface area contributed by atoms with Crippen molar-refractivity contribution >= 4 is 11.9 Å². The first-order valence-corrected chi connectivity index (χ1v) is 7.49. The smallest absolute Gasteiger partial charge is 0.257 e. The predicted molar refractivity (Wildman–Crippen MR) is 79.5 cm³/mol. The van der Waals surface area contributed by atoms with Crippen molar-refractivity contribution in [2.75, 3.05) is 6.54 Å². The molecule has 0 aromatic heterocycles. The Kier molecular flexibility index (Phi) is 3.47. The Hall–Kier alpha value is -1.84. The van der Waals surface area contributed by atoms with E-state index < -0.39 is 5.54 Å². The number of fused-ring (bicyclic) bond motifs is 2. The highest BCUT2D eigenvalue weighted by Gasteiger charge is 2.47. The molecule has 2 aliphatic rings. The van der Waals surface area contributed by atoms with E-state index in [1.165, 1.54) is 5.56 Å². The first-order chi connectivity index (χ1) is 9.76. The summed E-state index contributed by atoms with van der Waals surface area (Å²) in [7, 11) is 0. The lowest BCUT2D eigenvalue weighted by Crippen LogP contribution is -2.44. The summed E-state index contributed by atoms with van der Waals surface area (Å²) >= 11 is 0. The van der Waals surface area contributed by atoms with Crippen molar-refractivity contribution in [3.05, 3.63) is 35.4 Å². The number of amides is 1. The zero-order valence-electron chi connectivity index (χ0n) is 11.9. The molecule has 1 unspecified atom stereocenters. The van der Waals surface area contributed by atoms with Crippen molar-refractivity contribution in [1.82, 2.24) is 10.6 Å². The molecular formula is C16H21N3O. The summed E-state index contributed by atoms with van der Waals surface area (Å²) in [5.41, 5.74) is 1.79. The van der Waals surface area contributed by atoms with E-state index in [2.05, 4.69) is 40.7 Å². The van der Waals surface area contributed by atoms with Gasteiger partial charge >= 0.3 is 0 Å². The van der Waals surface area contributed by atoms with Gasteiger partial charge in [-0.25, -0.2) is 0 Å². The first kappa shape index (κ1) is 13.2. The van der Waals surface area contributed by atoms with Crippen LogP contribution in [-0.2, 0) is 16.8 Å². The molecule has 1 fully saturated rings. The molecule has 1 atom stereocenters. The molecule has 3 rings (SSSR count). The minimum absolute atomic E-state index is 0.0432. The Morgan fingerprint density at radius 2 is 2.15 bits per heavy atom. The second-order valence-corrected chi connectivity index (χ2v) is 5.58. The number of aliphatic imine (C=N–C) groups is 1. The van der Waals surface area contributed by atoms with Crippen LogP contribution in [0.5, 0.6) is 0 Å². The average Bonchev–Trinajstić information content (AvgIpc) is 2.67. The molecule has 1 aliphatic carbocycles. The third kappa shape index (κ3) is 2.09. The normalized spacial score (nSPS) is 27.1. The van der Waals surface area contributed by atoms with Crippen LogP contribution < -0.4 is 10.6 Å². The van der Waals surface area contributed by atoms with E-state index in [9.17, 15) is 4.79 Å². The molecule has 1 aromatic carbocycles. The molecule has 1 saturated heterocycles. The Bertz CT molecular complexity index is 552. The topological polar surface area (TPSA) is 53.5 Å². The molecule has 1 aliphatic heterocycles. The van der Waals surface area contributed by atoms with E-state index in [0.717, 1.165) is 44.2 Å². The number of aryl methyl sites for hydroxylation is 1. The third-order valence-corrected chi connectivity index (χ3v) is 4.17. The fourth-order valence-electron chi connectivity index (χ4n) is 3.17. The van der Waals surface area contributed by atoms with E-state index in [1.807, 2.05) is 6.07 Å². The standard InChI is InChI=1S/C16H21N3O/c1-2-11-17-15-18-14(20)16(19-15)10-6-5-8-12-7-3-4-9-13(12)16/h3-4,7,9H,2,5-6,8,10-11H2,1H3,(H2,17,18,19,20). The van der Waals surface area contributed by atoms with Crippen molar-refractivity contribution in [3.8, 4) is 0 Å². The zero-order chi connectivity index (χ0) is 14.0. The maximum absolute atomic E-state index is 12.6. The molecule has 4 heteroatoms. The van der Waals surface area contributed by atoms with Gasteiger partial charge in [0.25, 0.3) is 5.91 Å². The van der Waals surface area contributed by atoms with Crippen LogP contribution in [0.1, 0.15) is 43.7 Å². The number of hydrogen-bond acceptors (Lipinski definition) is 2. The lowest BCUT2D eigenvalue weighted by molar-refractivity contribution is -0.124. The van der Waals surface area contributed by atoms with Crippen molar-refractivity contribution < 1.29 is 4.79 Å². The average molecular weight is 271 g/mol. The maximum Gasteiger partial charge on any atom is 0.257 e. The molecule has 106 valence electrons. The third-order valence-electron chi connectivity index (χ3n) is 4.17. The van der Waals surface area contributed by atoms with Gasteiger partial charge in [0.05, 0.1) is 0 Å². The molecule has 1 aromatic rings. The number of guanidine groups is 1. The van der Waals surface area contributed by atoms with Crippen molar-refractivity contribution in [2.24, 2.45) is 4.99 Å². The van der Waals surface area contributed by atoms with Gasteiger partial charge in [-0.1, -0.05) is 31.2 Å². The summed E-state index contributed by atoms with van der Waals surface area (Å²) in [6.07, 6.45) is 5.05. The van der Waals surface area contributed by atoms with Crippen molar-refractivity contribution in [1.29, 1.82) is 0 Å². The van der Waals surface area contributed by atoms with Crippen LogP contribution >= 0.6 is 0 Å². The van der Waals surface area contributed by atoms with E-state index in [-0.39, 0.29) is 5.91 Å². The fourth-order valence-corrected chi connectivity index (χ4v) is 3.17. The van der Waals surface area contributed by atoms with Crippen LogP contribution in [0.2, 0.25) is 0 Å². The van der Waals surface area contributed by atoms with Crippen molar-refractivity contribution in [3.63, 3.8) is 0 Å². The second kappa shape index (κ2) is 5.27. The van der Waals surface area contributed by atoms with Gasteiger partial charge in [0.2, 0.25) is 0 Å². The van der Waals surface area contributed by atoms with Gasteiger partial charge < -0.3 is 5.32 Å². The largest absolute Gasteiger partial charge is 0.338 e. The Morgan fingerprint density at radius 3 is 3.00 bits per heavy atom. The number of nitrogens with one attached hydrogen (secondary N) is 2. The quantitative estimate of drug-likeness (QED) is 0.865. The van der Waals surface area contributed by atoms with Gasteiger partial charge in [-0.15, -0.1) is 0 Å². The summed E-state index contributed by atoms with van der Waals surface area (Å²) in [5.74, 6) is 0.676. The summed E-state index contributed by atoms with van der Waals surface area (Å²) < 4.78 is 0. The van der Waals surface area contributed by atoms with Gasteiger partial charge in [0.1, 0.15) is 5.54 Å². The highest BCUT2D eigenvalue weighted by molar-refractivity contribution is 6.09. The SMILES string of the molecule is CCCN=C1NC(=O)C2(CCCCc3ccccc32)N1. The molecule has 20 heavy (non-hydrogen) atoms. The van der Waals surface area contributed by atoms with Crippen LogP contribution in [0.15, 0.2) is 29.3 Å². The van der Waals surface area contributed by atoms with Crippen LogP contribution in [0, 0.1) is 0 Å². The molecule has 0 radical (unpaired) electrons. The monoisotopic (exact) mass is 271 g/mol. The molecular weight excluding hydrogens is 250 g/mol. The van der Waals surface area contributed by atoms with E-state index >= 15 is 0 Å². The lowest BCUT2D eigenvalue weighted by atomic mass is 9.84. The van der Waals surface area contributed by atoms with Gasteiger partial charge in [-0.3, -0.25) is 15.1 Å². The number of benzene rings is 1. The molecule has 1 heterocycles. The molecule has 1 spiro atoms. The summed E-state index contributed by atoms with van der Waals surface area (Å²) in [6.45, 7) is 2.82. The fraction of sp³-hybridized carbons (Fsp3) is 0.500. The Morgan fingerprint density at radius 1 is 1.30 bits per heavy atom. The number of carbonyl (C=O) groups excluding carboxylic acids is 1. The van der Waals surface area contributed by atoms with E-state index in [4.69, 9.17) is 0 Å². The Balaban J connectivity index is 2.01. The van der Waals surface area contributed by atoms with Crippen molar-refractivity contribution in [2.45, 2.75) is 44.6 Å². The van der Waals surface area contributed by atoms with Crippen LogP contribution in [0.4, 0.5) is 0 Å². The molecule has 4 nitrogen and oxygen atoms in total. The number of hydrogen-bond donors (Lipinski definition) is 2.